The maximum atomic E-state index is 13.6. The van der Waals surface area contributed by atoms with Gasteiger partial charge < -0.3 is 24.4 Å². The number of rotatable bonds is 8. The molecule has 32 heavy (non-hydrogen) atoms. The first-order chi connectivity index (χ1) is 15.3. The average Bonchev–Trinajstić information content (AvgIpc) is 3.03. The third-order valence-corrected chi connectivity index (χ3v) is 5.39. The maximum Gasteiger partial charge on any atom is 0.295 e. The molecule has 3 rings (SSSR count). The number of methoxy groups -OCH3 is 2. The van der Waals surface area contributed by atoms with Gasteiger partial charge in [-0.2, -0.15) is 0 Å². The van der Waals surface area contributed by atoms with Crippen LogP contribution in [-0.4, -0.2) is 68.0 Å². The van der Waals surface area contributed by atoms with Gasteiger partial charge in [0, 0.05) is 6.54 Å². The van der Waals surface area contributed by atoms with Gasteiger partial charge in [0.25, 0.3) is 11.7 Å². The number of hydrogen-bond donors (Lipinski definition) is 1. The second-order valence-corrected chi connectivity index (χ2v) is 7.74. The van der Waals surface area contributed by atoms with Crippen molar-refractivity contribution in [2.24, 2.45) is 0 Å². The Labute approximate surface area is 186 Å². The summed E-state index contributed by atoms with van der Waals surface area (Å²) in [7, 11) is 6.70. The number of ketones is 1. The van der Waals surface area contributed by atoms with Gasteiger partial charge in [-0.3, -0.25) is 9.59 Å². The zero-order valence-electron chi connectivity index (χ0n) is 18.6. The Morgan fingerprint density at radius 1 is 1.06 bits per heavy atom. The third kappa shape index (κ3) is 4.45. The SMILES string of the molecule is COc1cccc(OC)c1/C(O)=C1\C(=O)C(=O)N(CCCN(C)C)C1c1ccc(F)cc1. The van der Waals surface area contributed by atoms with Crippen LogP contribution in [0, 0.1) is 5.82 Å². The molecule has 2 aromatic rings. The van der Waals surface area contributed by atoms with Crippen molar-refractivity contribution in [2.45, 2.75) is 12.5 Å². The van der Waals surface area contributed by atoms with E-state index < -0.39 is 29.3 Å². The largest absolute Gasteiger partial charge is 0.506 e. The Morgan fingerprint density at radius 2 is 1.66 bits per heavy atom. The predicted octanol–water partition coefficient (Wildman–Crippen LogP) is 3.22. The normalized spacial score (nSPS) is 17.8. The molecule has 1 aliphatic rings. The van der Waals surface area contributed by atoms with Crippen LogP contribution < -0.4 is 9.47 Å². The van der Waals surface area contributed by atoms with Crippen molar-refractivity contribution in [3.63, 3.8) is 0 Å². The van der Waals surface area contributed by atoms with Crippen LogP contribution in [0.5, 0.6) is 11.5 Å². The van der Waals surface area contributed by atoms with Crippen LogP contribution in [-0.2, 0) is 9.59 Å². The molecule has 1 fully saturated rings. The molecule has 0 saturated carbocycles. The molecule has 7 nitrogen and oxygen atoms in total. The first kappa shape index (κ1) is 23.3. The molecule has 1 amide bonds. The van der Waals surface area contributed by atoms with E-state index in [0.29, 0.717) is 36.6 Å². The molecule has 0 radical (unpaired) electrons. The van der Waals surface area contributed by atoms with Crippen molar-refractivity contribution < 1.29 is 28.6 Å². The predicted molar refractivity (Wildman–Crippen MR) is 118 cm³/mol. The first-order valence-electron chi connectivity index (χ1n) is 10.2. The summed E-state index contributed by atoms with van der Waals surface area (Å²) in [6.07, 6.45) is 0.621. The topological polar surface area (TPSA) is 79.3 Å². The number of aliphatic hydroxyl groups is 1. The van der Waals surface area contributed by atoms with E-state index in [1.165, 1.54) is 43.4 Å². The molecule has 1 heterocycles. The van der Waals surface area contributed by atoms with Crippen LogP contribution >= 0.6 is 0 Å². The Morgan fingerprint density at radius 3 is 2.19 bits per heavy atom. The van der Waals surface area contributed by atoms with Gasteiger partial charge in [-0.1, -0.05) is 18.2 Å². The number of ether oxygens (including phenoxy) is 2. The highest BCUT2D eigenvalue weighted by Crippen LogP contribution is 2.43. The molecule has 2 aromatic carbocycles. The molecule has 1 unspecified atom stereocenters. The van der Waals surface area contributed by atoms with Gasteiger partial charge in [0.1, 0.15) is 28.6 Å². The van der Waals surface area contributed by atoms with Gasteiger partial charge in [0.15, 0.2) is 0 Å². The van der Waals surface area contributed by atoms with Crippen molar-refractivity contribution in [3.8, 4) is 11.5 Å². The highest BCUT2D eigenvalue weighted by molar-refractivity contribution is 6.46. The lowest BCUT2D eigenvalue weighted by atomic mass is 9.94. The molecule has 170 valence electrons. The van der Waals surface area contributed by atoms with Gasteiger partial charge in [0.05, 0.1) is 25.8 Å². The number of benzene rings is 2. The highest BCUT2D eigenvalue weighted by atomic mass is 19.1. The summed E-state index contributed by atoms with van der Waals surface area (Å²) in [6, 6.07) is 9.61. The number of amides is 1. The van der Waals surface area contributed by atoms with Crippen LogP contribution in [0.15, 0.2) is 48.0 Å². The third-order valence-electron chi connectivity index (χ3n) is 5.39. The van der Waals surface area contributed by atoms with Crippen molar-refractivity contribution in [1.29, 1.82) is 0 Å². The molecular weight excluding hydrogens is 415 g/mol. The second-order valence-electron chi connectivity index (χ2n) is 7.74. The quantitative estimate of drug-likeness (QED) is 0.384. The van der Waals surface area contributed by atoms with Gasteiger partial charge in [-0.05, 0) is 56.9 Å². The highest BCUT2D eigenvalue weighted by Gasteiger charge is 2.46. The molecule has 0 aliphatic carbocycles. The molecule has 1 aliphatic heterocycles. The summed E-state index contributed by atoms with van der Waals surface area (Å²) >= 11 is 0. The van der Waals surface area contributed by atoms with Gasteiger partial charge in [0.2, 0.25) is 0 Å². The number of halogens is 1. The van der Waals surface area contributed by atoms with Crippen LogP contribution in [0.4, 0.5) is 4.39 Å². The van der Waals surface area contributed by atoms with Gasteiger partial charge in [-0.15, -0.1) is 0 Å². The Kier molecular flexibility index (Phi) is 7.15. The van der Waals surface area contributed by atoms with Gasteiger partial charge >= 0.3 is 0 Å². The number of hydrogen-bond acceptors (Lipinski definition) is 6. The molecular formula is C24H27FN2O5. The molecule has 1 atom stereocenters. The summed E-state index contributed by atoms with van der Waals surface area (Å²) < 4.78 is 24.3. The summed E-state index contributed by atoms with van der Waals surface area (Å²) in [5.74, 6) is -1.79. The van der Waals surface area contributed by atoms with Crippen LogP contribution in [0.2, 0.25) is 0 Å². The van der Waals surface area contributed by atoms with E-state index in [0.717, 1.165) is 0 Å². The van der Waals surface area contributed by atoms with E-state index >= 15 is 0 Å². The Hall–Kier alpha value is -3.39. The summed E-state index contributed by atoms with van der Waals surface area (Å²) in [5.41, 5.74) is 0.607. The van der Waals surface area contributed by atoms with E-state index in [9.17, 15) is 19.1 Å². The minimum absolute atomic E-state index is 0.0886. The lowest BCUT2D eigenvalue weighted by Gasteiger charge is -2.26. The Balaban J connectivity index is 2.19. The fourth-order valence-corrected chi connectivity index (χ4v) is 3.88. The summed E-state index contributed by atoms with van der Waals surface area (Å²) in [5, 5.41) is 11.3. The average molecular weight is 442 g/mol. The number of carbonyl (C=O) groups excluding carboxylic acids is 2. The maximum absolute atomic E-state index is 13.6. The van der Waals surface area contributed by atoms with E-state index in [2.05, 4.69) is 0 Å². The number of Topliss-reactive ketones (excluding diaryl/α,β-unsaturated/α-hetero) is 1. The standard InChI is InChI=1S/C24H27FN2O5/c1-26(2)13-6-14-27-21(15-9-11-16(25)12-10-15)20(23(29)24(27)30)22(28)19-17(31-3)7-5-8-18(19)32-4/h5,7-12,21,28H,6,13-14H2,1-4H3/b22-20+. The summed E-state index contributed by atoms with van der Waals surface area (Å²) in [6.45, 7) is 1.00. The minimum Gasteiger partial charge on any atom is -0.506 e. The molecule has 0 aromatic heterocycles. The lowest BCUT2D eigenvalue weighted by Crippen LogP contribution is -2.32. The van der Waals surface area contributed by atoms with Crippen LogP contribution in [0.25, 0.3) is 5.76 Å². The molecule has 8 heteroatoms. The monoisotopic (exact) mass is 442 g/mol. The van der Waals surface area contributed by atoms with Crippen LogP contribution in [0.3, 0.4) is 0 Å². The first-order valence-corrected chi connectivity index (χ1v) is 10.2. The zero-order valence-corrected chi connectivity index (χ0v) is 18.6. The fraction of sp³-hybridized carbons (Fsp3) is 0.333. The van der Waals surface area contributed by atoms with Crippen molar-refractivity contribution in [1.82, 2.24) is 9.80 Å². The van der Waals surface area contributed by atoms with E-state index in [-0.39, 0.29) is 11.1 Å². The lowest BCUT2D eigenvalue weighted by molar-refractivity contribution is -0.139. The summed E-state index contributed by atoms with van der Waals surface area (Å²) in [4.78, 5) is 29.5. The van der Waals surface area contributed by atoms with Crippen LogP contribution in [0.1, 0.15) is 23.6 Å². The molecule has 0 spiro atoms. The smallest absolute Gasteiger partial charge is 0.295 e. The minimum atomic E-state index is -0.868. The van der Waals surface area contributed by atoms with E-state index in [4.69, 9.17) is 9.47 Å². The number of carbonyl (C=O) groups is 2. The molecule has 1 N–H and O–H groups in total. The molecule has 1 saturated heterocycles. The fourth-order valence-electron chi connectivity index (χ4n) is 3.88. The number of likely N-dealkylation sites (tertiary alicyclic amines) is 1. The van der Waals surface area contributed by atoms with Crippen molar-refractivity contribution in [3.05, 3.63) is 65.0 Å². The zero-order chi connectivity index (χ0) is 23.4. The van der Waals surface area contributed by atoms with Crippen molar-refractivity contribution in [2.75, 3.05) is 41.4 Å². The molecule has 0 bridgehead atoms. The van der Waals surface area contributed by atoms with Crippen molar-refractivity contribution >= 4 is 17.4 Å². The number of aliphatic hydroxyl groups excluding tert-OH is 1. The van der Waals surface area contributed by atoms with Gasteiger partial charge in [-0.25, -0.2) is 4.39 Å². The Bertz CT molecular complexity index is 1010. The van der Waals surface area contributed by atoms with E-state index in [1.807, 2.05) is 19.0 Å². The second kappa shape index (κ2) is 9.82. The number of nitrogens with zero attached hydrogens (tertiary/aromatic N) is 2. The van der Waals surface area contributed by atoms with E-state index in [1.54, 1.807) is 18.2 Å².